The molecule has 0 amide bonds. The summed E-state index contributed by atoms with van der Waals surface area (Å²) in [5, 5.41) is 8.13. The molecule has 1 aliphatic rings. The third-order valence-corrected chi connectivity index (χ3v) is 6.23. The van der Waals surface area contributed by atoms with Crippen LogP contribution < -0.4 is 20.1 Å². The molecular formula is C21H25BrCl2N2O2. The van der Waals surface area contributed by atoms with Gasteiger partial charge in [0.2, 0.25) is 0 Å². The minimum Gasteiger partial charge on any atom is -0.493 e. The smallest absolute Gasteiger partial charge is 0.175 e. The van der Waals surface area contributed by atoms with Crippen molar-refractivity contribution >= 4 is 39.1 Å². The van der Waals surface area contributed by atoms with Gasteiger partial charge < -0.3 is 20.1 Å². The van der Waals surface area contributed by atoms with E-state index in [0.717, 1.165) is 47.7 Å². The molecule has 2 aromatic carbocycles. The topological polar surface area (TPSA) is 42.5 Å². The van der Waals surface area contributed by atoms with Gasteiger partial charge in [0.25, 0.3) is 0 Å². The number of halogens is 3. The van der Waals surface area contributed by atoms with E-state index in [2.05, 4.69) is 32.6 Å². The molecule has 0 unspecified atom stereocenters. The number of ether oxygens (including phenoxy) is 2. The highest BCUT2D eigenvalue weighted by atomic mass is 79.9. The molecule has 1 heterocycles. The number of nitrogens with one attached hydrogen (secondary N) is 2. The number of benzene rings is 2. The quantitative estimate of drug-likeness (QED) is 0.520. The van der Waals surface area contributed by atoms with Crippen LogP contribution in [0.2, 0.25) is 10.0 Å². The minimum absolute atomic E-state index is 0.265. The Labute approximate surface area is 185 Å². The molecule has 1 fully saturated rings. The van der Waals surface area contributed by atoms with Crippen molar-refractivity contribution in [2.24, 2.45) is 5.92 Å². The molecule has 152 valence electrons. The third kappa shape index (κ3) is 5.77. The van der Waals surface area contributed by atoms with Crippen molar-refractivity contribution in [3.63, 3.8) is 0 Å². The van der Waals surface area contributed by atoms with Gasteiger partial charge in [0.1, 0.15) is 6.61 Å². The zero-order valence-corrected chi connectivity index (χ0v) is 19.0. The zero-order chi connectivity index (χ0) is 19.9. The van der Waals surface area contributed by atoms with E-state index in [-0.39, 0.29) is 6.61 Å². The van der Waals surface area contributed by atoms with Gasteiger partial charge in [-0.15, -0.1) is 0 Å². The summed E-state index contributed by atoms with van der Waals surface area (Å²) >= 11 is 16.1. The average Bonchev–Trinajstić information content (AvgIpc) is 2.69. The molecule has 1 saturated heterocycles. The molecule has 2 aromatic rings. The van der Waals surface area contributed by atoms with Gasteiger partial charge in [-0.05, 0) is 84.2 Å². The lowest BCUT2D eigenvalue weighted by molar-refractivity contribution is 0.282. The maximum atomic E-state index is 6.24. The van der Waals surface area contributed by atoms with Crippen LogP contribution >= 0.6 is 39.1 Å². The Balaban J connectivity index is 1.64. The Kier molecular flexibility index (Phi) is 8.30. The van der Waals surface area contributed by atoms with Crippen LogP contribution in [0.4, 0.5) is 0 Å². The molecule has 7 heteroatoms. The molecule has 0 spiro atoms. The predicted molar refractivity (Wildman–Crippen MR) is 119 cm³/mol. The van der Waals surface area contributed by atoms with E-state index in [9.17, 15) is 0 Å². The largest absolute Gasteiger partial charge is 0.493 e. The van der Waals surface area contributed by atoms with Gasteiger partial charge in [-0.3, -0.25) is 0 Å². The normalized spacial score (nSPS) is 14.9. The van der Waals surface area contributed by atoms with E-state index in [0.29, 0.717) is 21.5 Å². The van der Waals surface area contributed by atoms with E-state index in [1.54, 1.807) is 19.2 Å². The fourth-order valence-electron chi connectivity index (χ4n) is 3.34. The Morgan fingerprint density at radius 3 is 2.57 bits per heavy atom. The number of piperidine rings is 1. The number of hydrogen-bond donors (Lipinski definition) is 2. The lowest BCUT2D eigenvalue weighted by Crippen LogP contribution is -2.33. The second-order valence-electron chi connectivity index (χ2n) is 6.92. The van der Waals surface area contributed by atoms with E-state index in [4.69, 9.17) is 32.7 Å². The SMILES string of the molecule is COc1cc(CNCC2CCNCC2)cc(Br)c1OCc1c(Cl)cccc1Cl. The van der Waals surface area contributed by atoms with Crippen molar-refractivity contribution in [3.05, 3.63) is 56.0 Å². The molecule has 0 radical (unpaired) electrons. The molecule has 4 nitrogen and oxygen atoms in total. The summed E-state index contributed by atoms with van der Waals surface area (Å²) in [6, 6.07) is 9.48. The van der Waals surface area contributed by atoms with Crippen molar-refractivity contribution < 1.29 is 9.47 Å². The molecule has 0 saturated carbocycles. The standard InChI is InChI=1S/C21H25BrCl2N2O2/c1-27-20-10-15(12-26-11-14-5-7-25-8-6-14)9-17(22)21(20)28-13-16-18(23)3-2-4-19(16)24/h2-4,9-10,14,25-26H,5-8,11-13H2,1H3. The number of hydrogen-bond acceptors (Lipinski definition) is 4. The number of rotatable bonds is 8. The third-order valence-electron chi connectivity index (χ3n) is 4.93. The second-order valence-corrected chi connectivity index (χ2v) is 8.59. The first kappa shape index (κ1) is 21.7. The van der Waals surface area contributed by atoms with Gasteiger partial charge >= 0.3 is 0 Å². The molecule has 1 aliphatic heterocycles. The summed E-state index contributed by atoms with van der Waals surface area (Å²) in [5.41, 5.74) is 1.90. The lowest BCUT2D eigenvalue weighted by atomic mass is 9.98. The van der Waals surface area contributed by atoms with E-state index < -0.39 is 0 Å². The molecule has 0 atom stereocenters. The fraction of sp³-hybridized carbons (Fsp3) is 0.429. The molecular weight excluding hydrogens is 463 g/mol. The average molecular weight is 488 g/mol. The molecule has 0 aromatic heterocycles. The molecule has 3 rings (SSSR count). The fourth-order valence-corrected chi connectivity index (χ4v) is 4.45. The van der Waals surface area contributed by atoms with Crippen LogP contribution in [0, 0.1) is 5.92 Å². The van der Waals surface area contributed by atoms with Crippen LogP contribution in [-0.2, 0) is 13.2 Å². The monoisotopic (exact) mass is 486 g/mol. The van der Waals surface area contributed by atoms with Crippen LogP contribution in [0.1, 0.15) is 24.0 Å². The van der Waals surface area contributed by atoms with Crippen molar-refractivity contribution in [2.75, 3.05) is 26.7 Å². The van der Waals surface area contributed by atoms with Crippen LogP contribution in [0.15, 0.2) is 34.8 Å². The maximum absolute atomic E-state index is 6.24. The first-order valence-corrected chi connectivity index (χ1v) is 11.0. The van der Waals surface area contributed by atoms with Gasteiger partial charge in [-0.2, -0.15) is 0 Å². The van der Waals surface area contributed by atoms with Crippen LogP contribution in [0.25, 0.3) is 0 Å². The van der Waals surface area contributed by atoms with Gasteiger partial charge in [0.15, 0.2) is 11.5 Å². The Morgan fingerprint density at radius 1 is 1.18 bits per heavy atom. The Hall–Kier alpha value is -0.980. The van der Waals surface area contributed by atoms with Gasteiger partial charge in [-0.1, -0.05) is 29.3 Å². The molecule has 28 heavy (non-hydrogen) atoms. The second kappa shape index (κ2) is 10.7. The first-order chi connectivity index (χ1) is 13.6. The number of methoxy groups -OCH3 is 1. The van der Waals surface area contributed by atoms with Gasteiger partial charge in [0, 0.05) is 22.2 Å². The summed E-state index contributed by atoms with van der Waals surface area (Å²) in [6.45, 7) is 4.32. The predicted octanol–water partition coefficient (Wildman–Crippen LogP) is 5.43. The Bertz CT molecular complexity index is 778. The maximum Gasteiger partial charge on any atom is 0.175 e. The van der Waals surface area contributed by atoms with Crippen molar-refractivity contribution in [1.29, 1.82) is 0 Å². The summed E-state index contributed by atoms with van der Waals surface area (Å²) < 4.78 is 12.4. The van der Waals surface area contributed by atoms with E-state index in [1.165, 1.54) is 12.8 Å². The summed E-state index contributed by atoms with van der Waals surface area (Å²) in [4.78, 5) is 0. The van der Waals surface area contributed by atoms with E-state index >= 15 is 0 Å². The zero-order valence-electron chi connectivity index (χ0n) is 15.9. The summed E-state index contributed by atoms with van der Waals surface area (Å²) in [7, 11) is 1.64. The van der Waals surface area contributed by atoms with Crippen LogP contribution in [-0.4, -0.2) is 26.7 Å². The lowest BCUT2D eigenvalue weighted by Gasteiger charge is -2.23. The first-order valence-electron chi connectivity index (χ1n) is 9.42. The summed E-state index contributed by atoms with van der Waals surface area (Å²) in [6.07, 6.45) is 2.47. The van der Waals surface area contributed by atoms with Crippen molar-refractivity contribution in [2.45, 2.75) is 26.0 Å². The highest BCUT2D eigenvalue weighted by molar-refractivity contribution is 9.10. The molecule has 0 aliphatic carbocycles. The molecule has 2 N–H and O–H groups in total. The summed E-state index contributed by atoms with van der Waals surface area (Å²) in [5.74, 6) is 2.06. The van der Waals surface area contributed by atoms with Gasteiger partial charge in [-0.25, -0.2) is 0 Å². The van der Waals surface area contributed by atoms with Crippen LogP contribution in [0.5, 0.6) is 11.5 Å². The van der Waals surface area contributed by atoms with Crippen LogP contribution in [0.3, 0.4) is 0 Å². The highest BCUT2D eigenvalue weighted by Gasteiger charge is 2.15. The van der Waals surface area contributed by atoms with Crippen molar-refractivity contribution in [1.82, 2.24) is 10.6 Å². The van der Waals surface area contributed by atoms with E-state index in [1.807, 2.05) is 12.1 Å². The van der Waals surface area contributed by atoms with Crippen molar-refractivity contribution in [3.8, 4) is 11.5 Å². The van der Waals surface area contributed by atoms with Gasteiger partial charge in [0.05, 0.1) is 11.6 Å². The Morgan fingerprint density at radius 2 is 1.89 bits per heavy atom. The minimum atomic E-state index is 0.265. The highest BCUT2D eigenvalue weighted by Crippen LogP contribution is 2.38. The molecule has 0 bridgehead atoms.